The highest BCUT2D eigenvalue weighted by Crippen LogP contribution is 2.23. The fourth-order valence-corrected chi connectivity index (χ4v) is 2.85. The molecule has 0 spiro atoms. The largest absolute Gasteiger partial charge is 0.457 e. The van der Waals surface area contributed by atoms with Crippen LogP contribution in [0.25, 0.3) is 0 Å². The number of rotatable bonds is 5. The van der Waals surface area contributed by atoms with Crippen LogP contribution in [0.1, 0.15) is 5.56 Å². The number of likely N-dealkylation sites (N-methyl/N-ethyl adjacent to an activating group) is 1. The maximum atomic E-state index is 11.7. The predicted octanol–water partition coefficient (Wildman–Crippen LogP) is 3.08. The van der Waals surface area contributed by atoms with E-state index in [-0.39, 0.29) is 5.91 Å². The van der Waals surface area contributed by atoms with Crippen molar-refractivity contribution in [1.29, 1.82) is 0 Å². The van der Waals surface area contributed by atoms with Crippen molar-refractivity contribution >= 4 is 17.5 Å². The Kier molecular flexibility index (Phi) is 5.91. The van der Waals surface area contributed by atoms with E-state index in [9.17, 15) is 4.79 Å². The van der Waals surface area contributed by atoms with Gasteiger partial charge in [0.25, 0.3) is 0 Å². The zero-order chi connectivity index (χ0) is 17.6. The van der Waals surface area contributed by atoms with Crippen LogP contribution in [0.3, 0.4) is 0 Å². The van der Waals surface area contributed by atoms with Crippen molar-refractivity contribution in [1.82, 2.24) is 10.2 Å². The van der Waals surface area contributed by atoms with Crippen molar-refractivity contribution < 1.29 is 14.3 Å². The summed E-state index contributed by atoms with van der Waals surface area (Å²) in [5, 5.41) is 3.32. The molecule has 1 aliphatic rings. The Balaban J connectivity index is 1.57. The predicted molar refractivity (Wildman–Crippen MR) is 97.1 cm³/mol. The average molecular weight is 361 g/mol. The Bertz CT molecular complexity index is 704. The zero-order valence-electron chi connectivity index (χ0n) is 14.1. The van der Waals surface area contributed by atoms with E-state index in [1.807, 2.05) is 36.4 Å². The third-order valence-electron chi connectivity index (χ3n) is 4.07. The molecule has 132 valence electrons. The van der Waals surface area contributed by atoms with Crippen LogP contribution in [0.4, 0.5) is 0 Å². The molecule has 5 nitrogen and oxygen atoms in total. The van der Waals surface area contributed by atoms with Crippen molar-refractivity contribution in [2.24, 2.45) is 0 Å². The zero-order valence-corrected chi connectivity index (χ0v) is 14.8. The number of carbonyl (C=O) groups is 1. The van der Waals surface area contributed by atoms with E-state index in [2.05, 4.69) is 10.2 Å². The standard InChI is InChI=1S/C19H21ClN2O3/c1-21-19(23)18-13-22(10-11-24-18)12-14-2-6-16(7-3-14)25-17-8-4-15(20)5-9-17/h2-9,18H,10-13H2,1H3,(H,21,23)/t18-/m0/s1. The first-order valence-electron chi connectivity index (χ1n) is 8.22. The molecule has 1 saturated heterocycles. The summed E-state index contributed by atoms with van der Waals surface area (Å²) in [5.41, 5.74) is 1.17. The van der Waals surface area contributed by atoms with Gasteiger partial charge in [-0.3, -0.25) is 9.69 Å². The molecule has 6 heteroatoms. The van der Waals surface area contributed by atoms with Gasteiger partial charge in [-0.05, 0) is 42.0 Å². The minimum Gasteiger partial charge on any atom is -0.457 e. The second kappa shape index (κ2) is 8.34. The summed E-state index contributed by atoms with van der Waals surface area (Å²) in [5.74, 6) is 1.45. The molecule has 1 heterocycles. The number of morpholine rings is 1. The normalized spacial score (nSPS) is 17.9. The first-order valence-corrected chi connectivity index (χ1v) is 8.60. The van der Waals surface area contributed by atoms with E-state index < -0.39 is 6.10 Å². The van der Waals surface area contributed by atoms with Gasteiger partial charge in [-0.25, -0.2) is 0 Å². The quantitative estimate of drug-likeness (QED) is 0.890. The smallest absolute Gasteiger partial charge is 0.250 e. The molecule has 0 radical (unpaired) electrons. The minimum absolute atomic E-state index is 0.0728. The molecule has 0 saturated carbocycles. The Hall–Kier alpha value is -2.08. The maximum Gasteiger partial charge on any atom is 0.250 e. The third-order valence-corrected chi connectivity index (χ3v) is 4.32. The lowest BCUT2D eigenvalue weighted by Crippen LogP contribution is -2.48. The molecule has 25 heavy (non-hydrogen) atoms. The molecule has 0 aliphatic carbocycles. The fraction of sp³-hybridized carbons (Fsp3) is 0.316. The first-order chi connectivity index (χ1) is 12.1. The van der Waals surface area contributed by atoms with Crippen LogP contribution >= 0.6 is 11.6 Å². The average Bonchev–Trinajstić information content (AvgIpc) is 2.65. The van der Waals surface area contributed by atoms with Crippen LogP contribution in [0.15, 0.2) is 48.5 Å². The van der Waals surface area contributed by atoms with Gasteiger partial charge in [0.05, 0.1) is 6.61 Å². The molecule has 0 unspecified atom stereocenters. The second-order valence-corrected chi connectivity index (χ2v) is 6.35. The van der Waals surface area contributed by atoms with Gasteiger partial charge in [0, 0.05) is 31.7 Å². The van der Waals surface area contributed by atoms with E-state index in [4.69, 9.17) is 21.1 Å². The Morgan fingerprint density at radius 2 is 1.84 bits per heavy atom. The lowest BCUT2D eigenvalue weighted by Gasteiger charge is -2.31. The molecule has 0 aromatic heterocycles. The molecular formula is C19H21ClN2O3. The molecule has 1 atom stereocenters. The lowest BCUT2D eigenvalue weighted by atomic mass is 10.1. The molecule has 2 aromatic carbocycles. The number of benzene rings is 2. The Morgan fingerprint density at radius 1 is 1.20 bits per heavy atom. The van der Waals surface area contributed by atoms with Gasteiger partial charge in [-0.15, -0.1) is 0 Å². The van der Waals surface area contributed by atoms with Gasteiger partial charge in [-0.1, -0.05) is 23.7 Å². The minimum atomic E-state index is -0.397. The number of amides is 1. The van der Waals surface area contributed by atoms with Crippen LogP contribution in [-0.4, -0.2) is 43.7 Å². The van der Waals surface area contributed by atoms with Crippen LogP contribution in [0.5, 0.6) is 11.5 Å². The number of ether oxygens (including phenoxy) is 2. The number of carbonyl (C=O) groups excluding carboxylic acids is 1. The fourth-order valence-electron chi connectivity index (χ4n) is 2.73. The van der Waals surface area contributed by atoms with E-state index in [1.54, 1.807) is 19.2 Å². The van der Waals surface area contributed by atoms with Crippen LogP contribution in [-0.2, 0) is 16.1 Å². The summed E-state index contributed by atoms with van der Waals surface area (Å²) in [6.07, 6.45) is -0.397. The van der Waals surface area contributed by atoms with E-state index in [0.717, 1.165) is 24.6 Å². The van der Waals surface area contributed by atoms with Gasteiger partial charge in [0.2, 0.25) is 5.91 Å². The monoisotopic (exact) mass is 360 g/mol. The molecule has 3 rings (SSSR count). The van der Waals surface area contributed by atoms with Gasteiger partial charge in [-0.2, -0.15) is 0 Å². The number of halogens is 1. The van der Waals surface area contributed by atoms with E-state index >= 15 is 0 Å². The van der Waals surface area contributed by atoms with E-state index in [1.165, 1.54) is 5.56 Å². The Morgan fingerprint density at radius 3 is 2.48 bits per heavy atom. The molecule has 1 aliphatic heterocycles. The van der Waals surface area contributed by atoms with Crippen molar-refractivity contribution in [3.8, 4) is 11.5 Å². The highest BCUT2D eigenvalue weighted by molar-refractivity contribution is 6.30. The highest BCUT2D eigenvalue weighted by atomic mass is 35.5. The number of hydrogen-bond acceptors (Lipinski definition) is 4. The number of nitrogens with one attached hydrogen (secondary N) is 1. The van der Waals surface area contributed by atoms with Crippen LogP contribution in [0, 0.1) is 0 Å². The number of hydrogen-bond donors (Lipinski definition) is 1. The summed E-state index contributed by atoms with van der Waals surface area (Å²) in [6.45, 7) is 2.76. The topological polar surface area (TPSA) is 50.8 Å². The van der Waals surface area contributed by atoms with Crippen molar-refractivity contribution in [3.63, 3.8) is 0 Å². The van der Waals surface area contributed by atoms with Gasteiger partial charge in [0.1, 0.15) is 17.6 Å². The van der Waals surface area contributed by atoms with Crippen molar-refractivity contribution in [2.75, 3.05) is 26.7 Å². The summed E-state index contributed by atoms with van der Waals surface area (Å²) >= 11 is 5.87. The molecular weight excluding hydrogens is 340 g/mol. The molecule has 1 amide bonds. The molecule has 1 N–H and O–H groups in total. The molecule has 2 aromatic rings. The molecule has 1 fully saturated rings. The summed E-state index contributed by atoms with van der Waals surface area (Å²) in [4.78, 5) is 13.9. The van der Waals surface area contributed by atoms with Gasteiger partial charge in [0.15, 0.2) is 0 Å². The van der Waals surface area contributed by atoms with Crippen LogP contribution < -0.4 is 10.1 Å². The van der Waals surface area contributed by atoms with Crippen LogP contribution in [0.2, 0.25) is 5.02 Å². The summed E-state index contributed by atoms with van der Waals surface area (Å²) in [6, 6.07) is 15.2. The third kappa shape index (κ3) is 4.95. The summed E-state index contributed by atoms with van der Waals surface area (Å²) < 4.78 is 11.3. The first kappa shape index (κ1) is 17.7. The lowest BCUT2D eigenvalue weighted by molar-refractivity contribution is -0.138. The maximum absolute atomic E-state index is 11.7. The molecule has 0 bridgehead atoms. The van der Waals surface area contributed by atoms with Gasteiger partial charge < -0.3 is 14.8 Å². The highest BCUT2D eigenvalue weighted by Gasteiger charge is 2.25. The second-order valence-electron chi connectivity index (χ2n) is 5.91. The van der Waals surface area contributed by atoms with E-state index in [0.29, 0.717) is 18.2 Å². The number of nitrogens with zero attached hydrogens (tertiary/aromatic N) is 1. The summed E-state index contributed by atoms with van der Waals surface area (Å²) in [7, 11) is 1.63. The van der Waals surface area contributed by atoms with Gasteiger partial charge >= 0.3 is 0 Å². The SMILES string of the molecule is CNC(=O)[C@@H]1CN(Cc2ccc(Oc3ccc(Cl)cc3)cc2)CCO1. The van der Waals surface area contributed by atoms with Crippen molar-refractivity contribution in [2.45, 2.75) is 12.6 Å². The Labute approximate surface area is 152 Å². The van der Waals surface area contributed by atoms with Crippen molar-refractivity contribution in [3.05, 3.63) is 59.1 Å².